The predicted molar refractivity (Wildman–Crippen MR) is 134 cm³/mol. The number of fused-ring (bicyclic) bond motifs is 1. The van der Waals surface area contributed by atoms with Crippen molar-refractivity contribution in [1.82, 2.24) is 9.97 Å². The Balaban J connectivity index is 0.000000309. The lowest BCUT2D eigenvalue weighted by molar-refractivity contribution is -0.158. The first-order valence-corrected chi connectivity index (χ1v) is 11.7. The second-order valence-corrected chi connectivity index (χ2v) is 10.0. The average molecular weight is 455 g/mol. The minimum atomic E-state index is -0.346. The van der Waals surface area contributed by atoms with Crippen molar-refractivity contribution in [3.8, 4) is 5.88 Å². The monoisotopic (exact) mass is 454 g/mol. The summed E-state index contributed by atoms with van der Waals surface area (Å²) in [6.07, 6.45) is 4.12. The topological polar surface area (TPSA) is 61.3 Å². The molecular weight excluding hydrogens is 420 g/mol. The first kappa shape index (κ1) is 25.5. The van der Waals surface area contributed by atoms with Crippen LogP contribution in [-0.4, -0.2) is 27.6 Å². The van der Waals surface area contributed by atoms with Gasteiger partial charge in [0, 0.05) is 4.88 Å². The summed E-state index contributed by atoms with van der Waals surface area (Å²) in [4.78, 5) is 21.5. The lowest BCUT2D eigenvalue weighted by Crippen LogP contribution is -2.26. The number of hydrogen-bond acceptors (Lipinski definition) is 6. The molecule has 32 heavy (non-hydrogen) atoms. The van der Waals surface area contributed by atoms with Gasteiger partial charge in [-0.25, -0.2) is 9.97 Å². The number of aryl methyl sites for hydroxylation is 1. The van der Waals surface area contributed by atoms with Gasteiger partial charge in [-0.2, -0.15) is 0 Å². The number of aromatic nitrogens is 2. The molecule has 2 aromatic heterocycles. The third kappa shape index (κ3) is 8.08. The summed E-state index contributed by atoms with van der Waals surface area (Å²) in [7, 11) is 0. The van der Waals surface area contributed by atoms with Crippen LogP contribution in [0.2, 0.25) is 0 Å². The molecule has 3 rings (SSSR count). The minimum absolute atomic E-state index is 0.0285. The van der Waals surface area contributed by atoms with Crippen molar-refractivity contribution in [2.75, 3.05) is 0 Å². The highest BCUT2D eigenvalue weighted by Crippen LogP contribution is 2.24. The van der Waals surface area contributed by atoms with Gasteiger partial charge >= 0.3 is 5.97 Å². The molecule has 0 saturated carbocycles. The molecule has 0 fully saturated rings. The summed E-state index contributed by atoms with van der Waals surface area (Å²) in [5.41, 5.74) is 3.41. The molecule has 0 aliphatic rings. The standard InChI is InChI=1S/C18H18N2OS.C8H16O2/c1-12(2)21-18-16(8-9-17-13(3)10-11-22-17)19-14-6-4-5-7-15(14)20-18;1-6(2)7(9)10-8(3,4)5/h4-12H,1-3H3;6H,1-5H3/b9-8+;. The number of thiophene rings is 1. The first-order chi connectivity index (χ1) is 15.0. The number of para-hydroxylation sites is 2. The largest absolute Gasteiger partial charge is 0.473 e. The Morgan fingerprint density at radius 2 is 1.62 bits per heavy atom. The number of ether oxygens (including phenoxy) is 2. The summed E-state index contributed by atoms with van der Waals surface area (Å²) in [6, 6.07) is 9.96. The molecule has 0 atom stereocenters. The van der Waals surface area contributed by atoms with Gasteiger partial charge in [0.1, 0.15) is 11.3 Å². The zero-order valence-electron chi connectivity index (χ0n) is 20.3. The Hall–Kier alpha value is -2.73. The summed E-state index contributed by atoms with van der Waals surface area (Å²) >= 11 is 1.72. The summed E-state index contributed by atoms with van der Waals surface area (Å²) in [5.74, 6) is 0.422. The van der Waals surface area contributed by atoms with Gasteiger partial charge in [0.2, 0.25) is 5.88 Å². The molecule has 3 aromatic rings. The number of carbonyl (C=O) groups excluding carboxylic acids is 1. The molecule has 172 valence electrons. The molecule has 0 aliphatic heterocycles. The normalized spacial score (nSPS) is 11.7. The smallest absolute Gasteiger partial charge is 0.308 e. The molecule has 0 bridgehead atoms. The molecule has 0 radical (unpaired) electrons. The van der Waals surface area contributed by atoms with Crippen LogP contribution in [0.1, 0.15) is 64.6 Å². The Morgan fingerprint density at radius 3 is 2.09 bits per heavy atom. The fraction of sp³-hybridized carbons (Fsp3) is 0.423. The molecule has 0 saturated heterocycles. The van der Waals surface area contributed by atoms with Crippen molar-refractivity contribution in [3.05, 3.63) is 51.8 Å². The zero-order valence-corrected chi connectivity index (χ0v) is 21.1. The third-order valence-electron chi connectivity index (χ3n) is 4.08. The molecular formula is C26H34N2O3S. The highest BCUT2D eigenvalue weighted by molar-refractivity contribution is 7.11. The van der Waals surface area contributed by atoms with Crippen molar-refractivity contribution >= 4 is 40.5 Å². The van der Waals surface area contributed by atoms with Crippen molar-refractivity contribution in [3.63, 3.8) is 0 Å². The van der Waals surface area contributed by atoms with Gasteiger partial charge in [-0.3, -0.25) is 4.79 Å². The molecule has 1 aromatic carbocycles. The molecule has 0 aliphatic carbocycles. The van der Waals surface area contributed by atoms with Crippen molar-refractivity contribution in [2.45, 2.75) is 67.1 Å². The highest BCUT2D eigenvalue weighted by Gasteiger charge is 2.18. The maximum atomic E-state index is 10.9. The number of esters is 1. The van der Waals surface area contributed by atoms with E-state index >= 15 is 0 Å². The van der Waals surface area contributed by atoms with E-state index < -0.39 is 0 Å². The SMILES string of the molecule is CC(C)C(=O)OC(C)(C)C.Cc1ccsc1/C=C/c1nc2ccccc2nc1OC(C)C. The van der Waals surface area contributed by atoms with Crippen LogP contribution in [0.5, 0.6) is 5.88 Å². The van der Waals surface area contributed by atoms with E-state index in [0.717, 1.165) is 16.7 Å². The van der Waals surface area contributed by atoms with E-state index in [9.17, 15) is 4.79 Å². The zero-order chi connectivity index (χ0) is 23.9. The Kier molecular flexibility index (Phi) is 8.96. The molecule has 0 unspecified atom stereocenters. The summed E-state index contributed by atoms with van der Waals surface area (Å²) in [5, 5.41) is 2.09. The quantitative estimate of drug-likeness (QED) is 0.391. The van der Waals surface area contributed by atoms with Gasteiger partial charge in [0.15, 0.2) is 0 Å². The second-order valence-electron chi connectivity index (χ2n) is 9.06. The van der Waals surface area contributed by atoms with Gasteiger partial charge < -0.3 is 9.47 Å². The van der Waals surface area contributed by atoms with E-state index in [1.54, 1.807) is 11.3 Å². The van der Waals surface area contributed by atoms with Crippen molar-refractivity contribution in [2.24, 2.45) is 5.92 Å². The molecule has 0 amide bonds. The van der Waals surface area contributed by atoms with E-state index in [1.807, 2.05) is 78.8 Å². The first-order valence-electron chi connectivity index (χ1n) is 10.8. The fourth-order valence-corrected chi connectivity index (χ4v) is 3.36. The van der Waals surface area contributed by atoms with Crippen LogP contribution in [0.15, 0.2) is 35.7 Å². The summed E-state index contributed by atoms with van der Waals surface area (Å²) < 4.78 is 10.9. The van der Waals surface area contributed by atoms with Crippen LogP contribution in [-0.2, 0) is 9.53 Å². The number of benzene rings is 1. The van der Waals surface area contributed by atoms with Crippen LogP contribution in [0.25, 0.3) is 23.2 Å². The molecule has 5 nitrogen and oxygen atoms in total. The fourth-order valence-electron chi connectivity index (χ4n) is 2.55. The van der Waals surface area contributed by atoms with Gasteiger partial charge in [-0.05, 0) is 82.8 Å². The van der Waals surface area contributed by atoms with Gasteiger partial charge in [0.05, 0.1) is 23.1 Å². The van der Waals surface area contributed by atoms with Crippen LogP contribution in [0.4, 0.5) is 0 Å². The Labute approximate surface area is 195 Å². The van der Waals surface area contributed by atoms with Crippen LogP contribution < -0.4 is 4.74 Å². The number of rotatable bonds is 5. The molecule has 6 heteroatoms. The second kappa shape index (κ2) is 11.2. The van der Waals surface area contributed by atoms with Crippen LogP contribution in [0, 0.1) is 12.8 Å². The van der Waals surface area contributed by atoms with E-state index in [4.69, 9.17) is 9.47 Å². The van der Waals surface area contributed by atoms with E-state index in [2.05, 4.69) is 34.4 Å². The lowest BCUT2D eigenvalue weighted by atomic mass is 10.1. The highest BCUT2D eigenvalue weighted by atomic mass is 32.1. The predicted octanol–water partition coefficient (Wildman–Crippen LogP) is 6.94. The van der Waals surface area contributed by atoms with E-state index in [1.165, 1.54) is 10.4 Å². The number of nitrogens with zero attached hydrogens (tertiary/aromatic N) is 2. The Bertz CT molecular complexity index is 1060. The third-order valence-corrected chi connectivity index (χ3v) is 5.07. The van der Waals surface area contributed by atoms with E-state index in [-0.39, 0.29) is 23.6 Å². The lowest BCUT2D eigenvalue weighted by Gasteiger charge is -2.20. The molecule has 0 N–H and O–H groups in total. The maximum absolute atomic E-state index is 10.9. The van der Waals surface area contributed by atoms with Crippen LogP contribution in [0.3, 0.4) is 0 Å². The summed E-state index contributed by atoms with van der Waals surface area (Å²) in [6.45, 7) is 15.4. The van der Waals surface area contributed by atoms with Gasteiger partial charge in [-0.1, -0.05) is 26.0 Å². The Morgan fingerprint density at radius 1 is 1.00 bits per heavy atom. The van der Waals surface area contributed by atoms with E-state index in [0.29, 0.717) is 5.88 Å². The van der Waals surface area contributed by atoms with Gasteiger partial charge in [0.25, 0.3) is 0 Å². The van der Waals surface area contributed by atoms with Crippen LogP contribution >= 0.6 is 11.3 Å². The maximum Gasteiger partial charge on any atom is 0.308 e. The van der Waals surface area contributed by atoms with Crippen molar-refractivity contribution < 1.29 is 14.3 Å². The number of carbonyl (C=O) groups is 1. The van der Waals surface area contributed by atoms with Crippen molar-refractivity contribution in [1.29, 1.82) is 0 Å². The minimum Gasteiger partial charge on any atom is -0.473 e. The number of hydrogen-bond donors (Lipinski definition) is 0. The molecule has 2 heterocycles. The van der Waals surface area contributed by atoms with Gasteiger partial charge in [-0.15, -0.1) is 11.3 Å². The average Bonchev–Trinajstić information content (AvgIpc) is 3.10. The molecule has 0 spiro atoms.